The molecule has 1 amide bonds. The van der Waals surface area contributed by atoms with E-state index in [1.165, 1.54) is 12.3 Å². The molecule has 1 unspecified atom stereocenters. The molecule has 1 saturated heterocycles. The highest BCUT2D eigenvalue weighted by molar-refractivity contribution is 6.03. The number of ether oxygens (including phenoxy) is 1. The SMILES string of the molecule is O=C(Nc1cnn(C2CCOC2)c1)c1cc(-c2cnccn2)on1. The molecule has 1 fully saturated rings. The van der Waals surface area contributed by atoms with Crippen LogP contribution in [-0.2, 0) is 4.74 Å². The summed E-state index contributed by atoms with van der Waals surface area (Å²) in [6.07, 6.45) is 8.93. The lowest BCUT2D eigenvalue weighted by Gasteiger charge is -2.06. The average molecular weight is 326 g/mol. The Kier molecular flexibility index (Phi) is 3.75. The Morgan fingerprint density at radius 3 is 3.08 bits per heavy atom. The van der Waals surface area contributed by atoms with Crippen molar-refractivity contribution in [3.63, 3.8) is 0 Å². The van der Waals surface area contributed by atoms with Crippen LogP contribution in [0.3, 0.4) is 0 Å². The van der Waals surface area contributed by atoms with Gasteiger partial charge in [-0.3, -0.25) is 14.5 Å². The van der Waals surface area contributed by atoms with Crippen molar-refractivity contribution in [1.82, 2.24) is 24.9 Å². The number of amides is 1. The second kappa shape index (κ2) is 6.20. The second-order valence-corrected chi connectivity index (χ2v) is 5.35. The topological polar surface area (TPSA) is 108 Å². The van der Waals surface area contributed by atoms with Crippen molar-refractivity contribution in [3.8, 4) is 11.5 Å². The molecule has 0 bridgehead atoms. The Balaban J connectivity index is 1.46. The summed E-state index contributed by atoms with van der Waals surface area (Å²) in [6, 6.07) is 1.74. The number of aromatic nitrogens is 5. The number of anilines is 1. The summed E-state index contributed by atoms with van der Waals surface area (Å²) in [7, 11) is 0. The average Bonchev–Trinajstić information content (AvgIpc) is 3.36. The predicted octanol–water partition coefficient (Wildman–Crippen LogP) is 1.54. The van der Waals surface area contributed by atoms with Crippen LogP contribution >= 0.6 is 0 Å². The molecule has 0 spiro atoms. The molecule has 0 aliphatic carbocycles. The van der Waals surface area contributed by atoms with Gasteiger partial charge in [0.05, 0.1) is 30.7 Å². The van der Waals surface area contributed by atoms with Crippen LogP contribution in [0.4, 0.5) is 5.69 Å². The van der Waals surface area contributed by atoms with E-state index in [1.807, 2.05) is 0 Å². The third kappa shape index (κ3) is 2.88. The van der Waals surface area contributed by atoms with Crippen molar-refractivity contribution in [2.45, 2.75) is 12.5 Å². The summed E-state index contributed by atoms with van der Waals surface area (Å²) in [4.78, 5) is 20.3. The van der Waals surface area contributed by atoms with Crippen LogP contribution in [0, 0.1) is 0 Å². The molecule has 1 atom stereocenters. The third-order valence-electron chi connectivity index (χ3n) is 3.70. The van der Waals surface area contributed by atoms with E-state index < -0.39 is 0 Å². The van der Waals surface area contributed by atoms with Crippen LogP contribution in [0.5, 0.6) is 0 Å². The summed E-state index contributed by atoms with van der Waals surface area (Å²) in [5.41, 5.74) is 1.27. The van der Waals surface area contributed by atoms with Crippen LogP contribution in [0.2, 0.25) is 0 Å². The lowest BCUT2D eigenvalue weighted by molar-refractivity contribution is 0.101. The molecule has 4 rings (SSSR count). The number of hydrogen-bond donors (Lipinski definition) is 1. The Bertz CT molecular complexity index is 838. The van der Waals surface area contributed by atoms with Crippen LogP contribution in [-0.4, -0.2) is 44.0 Å². The van der Waals surface area contributed by atoms with Crippen LogP contribution in [0.25, 0.3) is 11.5 Å². The van der Waals surface area contributed by atoms with Gasteiger partial charge in [0, 0.05) is 31.3 Å². The van der Waals surface area contributed by atoms with Crippen molar-refractivity contribution in [3.05, 3.63) is 42.7 Å². The molecule has 9 heteroatoms. The zero-order valence-corrected chi connectivity index (χ0v) is 12.6. The first-order valence-corrected chi connectivity index (χ1v) is 7.46. The normalized spacial score (nSPS) is 17.1. The minimum absolute atomic E-state index is 0.160. The van der Waals surface area contributed by atoms with Gasteiger partial charge in [0.1, 0.15) is 5.69 Å². The van der Waals surface area contributed by atoms with E-state index in [0.717, 1.165) is 13.0 Å². The molecule has 9 nitrogen and oxygen atoms in total. The molecule has 4 heterocycles. The zero-order chi connectivity index (χ0) is 16.4. The fourth-order valence-electron chi connectivity index (χ4n) is 2.46. The Morgan fingerprint density at radius 2 is 2.29 bits per heavy atom. The highest BCUT2D eigenvalue weighted by Gasteiger charge is 2.19. The Hall–Kier alpha value is -3.07. The maximum absolute atomic E-state index is 12.3. The standard InChI is InChI=1S/C15H14N6O3/c22-15(12-5-14(24-20-12)13-7-16-2-3-17-13)19-10-6-18-21(8-10)11-1-4-23-9-11/h2-3,5-8,11H,1,4,9H2,(H,19,22). The van der Waals surface area contributed by atoms with Crippen molar-refractivity contribution in [2.24, 2.45) is 0 Å². The molecule has 1 aliphatic rings. The van der Waals surface area contributed by atoms with Gasteiger partial charge in [-0.2, -0.15) is 5.10 Å². The van der Waals surface area contributed by atoms with Gasteiger partial charge in [0.15, 0.2) is 11.5 Å². The number of nitrogens with one attached hydrogen (secondary N) is 1. The molecule has 0 aromatic carbocycles. The minimum atomic E-state index is -0.379. The highest BCUT2D eigenvalue weighted by atomic mass is 16.5. The second-order valence-electron chi connectivity index (χ2n) is 5.35. The minimum Gasteiger partial charge on any atom is -0.379 e. The first-order chi connectivity index (χ1) is 11.8. The molecule has 3 aromatic rings. The molecule has 24 heavy (non-hydrogen) atoms. The van der Waals surface area contributed by atoms with E-state index in [2.05, 4.69) is 25.5 Å². The summed E-state index contributed by atoms with van der Waals surface area (Å²) in [5.74, 6) is 0.00293. The van der Waals surface area contributed by atoms with E-state index in [4.69, 9.17) is 9.26 Å². The first kappa shape index (κ1) is 14.5. The lowest BCUT2D eigenvalue weighted by Crippen LogP contribution is -2.12. The number of hydrogen-bond acceptors (Lipinski definition) is 7. The fourth-order valence-corrected chi connectivity index (χ4v) is 2.46. The number of rotatable bonds is 4. The number of nitrogens with zero attached hydrogens (tertiary/aromatic N) is 5. The van der Waals surface area contributed by atoms with Crippen molar-refractivity contribution in [1.29, 1.82) is 0 Å². The van der Waals surface area contributed by atoms with E-state index >= 15 is 0 Å². The third-order valence-corrected chi connectivity index (χ3v) is 3.70. The molecular weight excluding hydrogens is 312 g/mol. The van der Waals surface area contributed by atoms with Crippen molar-refractivity contribution in [2.75, 3.05) is 18.5 Å². The van der Waals surface area contributed by atoms with Gasteiger partial charge in [-0.25, -0.2) is 4.98 Å². The number of carbonyl (C=O) groups excluding carboxylic acids is 1. The fraction of sp³-hybridized carbons (Fsp3) is 0.267. The van der Waals surface area contributed by atoms with E-state index in [1.54, 1.807) is 29.5 Å². The monoisotopic (exact) mass is 326 g/mol. The molecule has 1 aliphatic heterocycles. The van der Waals surface area contributed by atoms with Gasteiger partial charge in [-0.1, -0.05) is 5.16 Å². The van der Waals surface area contributed by atoms with Crippen LogP contribution < -0.4 is 5.32 Å². The van der Waals surface area contributed by atoms with Crippen LogP contribution in [0.1, 0.15) is 23.0 Å². The van der Waals surface area contributed by atoms with Crippen LogP contribution in [0.15, 0.2) is 41.6 Å². The summed E-state index contributed by atoms with van der Waals surface area (Å²) < 4.78 is 12.3. The zero-order valence-electron chi connectivity index (χ0n) is 12.6. The van der Waals surface area contributed by atoms with Gasteiger partial charge in [0.25, 0.3) is 5.91 Å². The van der Waals surface area contributed by atoms with Gasteiger partial charge in [-0.05, 0) is 6.42 Å². The molecule has 0 radical (unpaired) electrons. The van der Waals surface area contributed by atoms with Crippen molar-refractivity contribution < 1.29 is 14.1 Å². The molecule has 3 aromatic heterocycles. The smallest absolute Gasteiger partial charge is 0.277 e. The maximum atomic E-state index is 12.3. The predicted molar refractivity (Wildman–Crippen MR) is 82.2 cm³/mol. The molecule has 0 saturated carbocycles. The summed E-state index contributed by atoms with van der Waals surface area (Å²) in [6.45, 7) is 1.37. The van der Waals surface area contributed by atoms with E-state index in [9.17, 15) is 4.79 Å². The Labute approximate surface area is 136 Å². The van der Waals surface area contributed by atoms with Gasteiger partial charge < -0.3 is 14.6 Å². The summed E-state index contributed by atoms with van der Waals surface area (Å²) in [5, 5.41) is 10.8. The number of carbonyl (C=O) groups is 1. The Morgan fingerprint density at radius 1 is 1.33 bits per heavy atom. The molecule has 122 valence electrons. The quantitative estimate of drug-likeness (QED) is 0.774. The lowest BCUT2D eigenvalue weighted by atomic mass is 10.3. The van der Waals surface area contributed by atoms with E-state index in [-0.39, 0.29) is 17.6 Å². The highest BCUT2D eigenvalue weighted by Crippen LogP contribution is 2.21. The van der Waals surface area contributed by atoms with Gasteiger partial charge in [-0.15, -0.1) is 0 Å². The summed E-state index contributed by atoms with van der Waals surface area (Å²) >= 11 is 0. The molecular formula is C15H14N6O3. The van der Waals surface area contributed by atoms with Gasteiger partial charge in [0.2, 0.25) is 0 Å². The molecule has 1 N–H and O–H groups in total. The van der Waals surface area contributed by atoms with Gasteiger partial charge >= 0.3 is 0 Å². The van der Waals surface area contributed by atoms with Crippen molar-refractivity contribution >= 4 is 11.6 Å². The largest absolute Gasteiger partial charge is 0.379 e. The van der Waals surface area contributed by atoms with E-state index in [0.29, 0.717) is 23.7 Å². The first-order valence-electron chi connectivity index (χ1n) is 7.46. The maximum Gasteiger partial charge on any atom is 0.277 e.